The maximum atomic E-state index is 6.05. The minimum Gasteiger partial charge on any atom is -0.378 e. The molecule has 0 saturated carbocycles. The molecular formula is C18H14BN5. The highest BCUT2D eigenvalue weighted by Gasteiger charge is 2.09. The molecule has 0 atom stereocenters. The highest BCUT2D eigenvalue weighted by atomic mass is 15.0. The van der Waals surface area contributed by atoms with E-state index in [4.69, 9.17) is 7.85 Å². The molecule has 0 aliphatic carbocycles. The number of imidazole rings is 1. The molecule has 24 heavy (non-hydrogen) atoms. The number of rotatable bonds is 4. The third-order valence-corrected chi connectivity index (χ3v) is 3.84. The second-order valence-corrected chi connectivity index (χ2v) is 5.49. The van der Waals surface area contributed by atoms with E-state index >= 15 is 0 Å². The molecule has 4 rings (SSSR count). The van der Waals surface area contributed by atoms with Crippen molar-refractivity contribution in [2.24, 2.45) is 0 Å². The van der Waals surface area contributed by atoms with Gasteiger partial charge in [-0.25, -0.2) is 15.0 Å². The summed E-state index contributed by atoms with van der Waals surface area (Å²) < 4.78 is 1.90. The second-order valence-electron chi connectivity index (χ2n) is 5.49. The summed E-state index contributed by atoms with van der Waals surface area (Å²) in [6, 6.07) is 12.3. The third-order valence-electron chi connectivity index (χ3n) is 3.84. The largest absolute Gasteiger partial charge is 0.378 e. The monoisotopic (exact) mass is 311 g/mol. The highest BCUT2D eigenvalue weighted by Crippen LogP contribution is 2.25. The molecule has 0 spiro atoms. The SMILES string of the molecule is [B]c1cnc2c(NCc3cncnc3)cc(-c3ccccc3)cn12. The standard InChI is InChI=1S/C18H14BN5/c19-17-10-23-18-16(22-9-13-7-20-12-21-8-13)6-15(11-24(17)18)14-4-2-1-3-5-14/h1-8,10-12,22H,9H2. The average molecular weight is 311 g/mol. The number of hydrogen-bond donors (Lipinski definition) is 1. The normalized spacial score (nSPS) is 10.8. The molecule has 114 valence electrons. The van der Waals surface area contributed by atoms with E-state index in [1.165, 1.54) is 6.33 Å². The van der Waals surface area contributed by atoms with Crippen LogP contribution in [0, 0.1) is 0 Å². The molecule has 1 aromatic carbocycles. The highest BCUT2D eigenvalue weighted by molar-refractivity contribution is 6.31. The number of hydrogen-bond acceptors (Lipinski definition) is 4. The van der Waals surface area contributed by atoms with Crippen LogP contribution in [0.4, 0.5) is 5.69 Å². The van der Waals surface area contributed by atoms with Crippen molar-refractivity contribution in [3.8, 4) is 11.1 Å². The number of nitrogens with zero attached hydrogens (tertiary/aromatic N) is 4. The Kier molecular flexibility index (Phi) is 3.71. The zero-order valence-electron chi connectivity index (χ0n) is 12.9. The zero-order valence-corrected chi connectivity index (χ0v) is 12.9. The summed E-state index contributed by atoms with van der Waals surface area (Å²) in [5, 5.41) is 3.41. The van der Waals surface area contributed by atoms with Crippen molar-refractivity contribution in [3.63, 3.8) is 0 Å². The van der Waals surface area contributed by atoms with E-state index in [9.17, 15) is 0 Å². The molecule has 0 saturated heterocycles. The summed E-state index contributed by atoms with van der Waals surface area (Å²) in [4.78, 5) is 12.5. The van der Waals surface area contributed by atoms with Crippen LogP contribution < -0.4 is 10.9 Å². The Balaban J connectivity index is 1.76. The molecule has 0 bridgehead atoms. The molecule has 0 aliphatic rings. The van der Waals surface area contributed by atoms with Crippen molar-refractivity contribution in [2.75, 3.05) is 5.32 Å². The summed E-state index contributed by atoms with van der Waals surface area (Å²) in [5.41, 5.74) is 5.51. The fourth-order valence-corrected chi connectivity index (χ4v) is 2.64. The lowest BCUT2D eigenvalue weighted by atomic mass is 10.0. The van der Waals surface area contributed by atoms with E-state index in [1.54, 1.807) is 18.6 Å². The molecule has 4 aromatic rings. The van der Waals surface area contributed by atoms with Gasteiger partial charge in [-0.3, -0.25) is 0 Å². The number of benzene rings is 1. The predicted octanol–water partition coefficient (Wildman–Crippen LogP) is 2.20. The van der Waals surface area contributed by atoms with Gasteiger partial charge in [-0.1, -0.05) is 30.3 Å². The van der Waals surface area contributed by atoms with Crippen LogP contribution in [0.25, 0.3) is 16.8 Å². The minimum absolute atomic E-state index is 0.605. The summed E-state index contributed by atoms with van der Waals surface area (Å²) in [6.45, 7) is 0.613. The Labute approximate surface area is 140 Å². The summed E-state index contributed by atoms with van der Waals surface area (Å²) in [7, 11) is 6.05. The van der Waals surface area contributed by atoms with Crippen LogP contribution in [0.15, 0.2) is 67.5 Å². The van der Waals surface area contributed by atoms with E-state index in [2.05, 4.69) is 38.5 Å². The molecule has 5 nitrogen and oxygen atoms in total. The van der Waals surface area contributed by atoms with Gasteiger partial charge in [0.1, 0.15) is 14.2 Å². The third kappa shape index (κ3) is 2.74. The van der Waals surface area contributed by atoms with Gasteiger partial charge in [0.05, 0.1) is 5.69 Å². The molecule has 0 aliphatic heterocycles. The summed E-state index contributed by atoms with van der Waals surface area (Å²) in [5.74, 6) is 0. The molecule has 6 heteroatoms. The first-order valence-electron chi connectivity index (χ1n) is 7.61. The van der Waals surface area contributed by atoms with Crippen LogP contribution in [0.5, 0.6) is 0 Å². The van der Waals surface area contributed by atoms with E-state index in [1.807, 2.05) is 28.8 Å². The van der Waals surface area contributed by atoms with Gasteiger partial charge < -0.3 is 9.72 Å². The molecule has 0 unspecified atom stereocenters. The van der Waals surface area contributed by atoms with Gasteiger partial charge in [0.2, 0.25) is 0 Å². The van der Waals surface area contributed by atoms with Crippen molar-refractivity contribution in [1.82, 2.24) is 19.4 Å². The Morgan fingerprint density at radius 1 is 1.00 bits per heavy atom. The van der Waals surface area contributed by atoms with E-state index in [0.717, 1.165) is 28.0 Å². The number of pyridine rings is 1. The number of aromatic nitrogens is 4. The fraction of sp³-hybridized carbons (Fsp3) is 0.0556. The molecule has 0 fully saturated rings. The molecule has 3 heterocycles. The summed E-state index contributed by atoms with van der Waals surface area (Å²) >= 11 is 0. The Morgan fingerprint density at radius 2 is 1.79 bits per heavy atom. The van der Waals surface area contributed by atoms with Crippen molar-refractivity contribution in [3.05, 3.63) is 73.1 Å². The Bertz CT molecular complexity index is 967. The molecule has 0 amide bonds. The second kappa shape index (κ2) is 6.16. The van der Waals surface area contributed by atoms with Gasteiger partial charge in [-0.15, -0.1) is 0 Å². The predicted molar refractivity (Wildman–Crippen MR) is 95.4 cm³/mol. The first-order valence-corrected chi connectivity index (χ1v) is 7.61. The van der Waals surface area contributed by atoms with Gasteiger partial charge in [-0.2, -0.15) is 0 Å². The smallest absolute Gasteiger partial charge is 0.159 e. The van der Waals surface area contributed by atoms with Gasteiger partial charge in [0, 0.05) is 42.5 Å². The lowest BCUT2D eigenvalue weighted by Crippen LogP contribution is -2.10. The topological polar surface area (TPSA) is 55.1 Å². The molecule has 3 aromatic heterocycles. The van der Waals surface area contributed by atoms with Crippen LogP contribution in [-0.2, 0) is 6.54 Å². The van der Waals surface area contributed by atoms with Gasteiger partial charge >= 0.3 is 0 Å². The lowest BCUT2D eigenvalue weighted by Gasteiger charge is -2.11. The van der Waals surface area contributed by atoms with Crippen LogP contribution >= 0.6 is 0 Å². The maximum absolute atomic E-state index is 6.05. The lowest BCUT2D eigenvalue weighted by molar-refractivity contribution is 1.05. The van der Waals surface area contributed by atoms with Crippen LogP contribution in [0.2, 0.25) is 0 Å². The average Bonchev–Trinajstić information content (AvgIpc) is 3.02. The zero-order chi connectivity index (χ0) is 16.4. The van der Waals surface area contributed by atoms with Crippen molar-refractivity contribution < 1.29 is 0 Å². The number of fused-ring (bicyclic) bond motifs is 1. The van der Waals surface area contributed by atoms with Crippen molar-refractivity contribution in [1.29, 1.82) is 0 Å². The quantitative estimate of drug-likeness (QED) is 0.587. The Morgan fingerprint density at radius 3 is 2.58 bits per heavy atom. The van der Waals surface area contributed by atoms with Gasteiger partial charge in [-0.05, 0) is 17.2 Å². The van der Waals surface area contributed by atoms with Crippen LogP contribution in [-0.4, -0.2) is 27.2 Å². The molecule has 2 radical (unpaired) electrons. The van der Waals surface area contributed by atoms with Crippen LogP contribution in [0.3, 0.4) is 0 Å². The first kappa shape index (κ1) is 14.4. The van der Waals surface area contributed by atoms with E-state index in [0.29, 0.717) is 12.1 Å². The van der Waals surface area contributed by atoms with Gasteiger partial charge in [0.15, 0.2) is 5.65 Å². The van der Waals surface area contributed by atoms with Crippen LogP contribution in [0.1, 0.15) is 5.56 Å². The number of nitrogens with one attached hydrogen (secondary N) is 1. The first-order chi connectivity index (χ1) is 11.8. The fourth-order valence-electron chi connectivity index (χ4n) is 2.64. The maximum Gasteiger partial charge on any atom is 0.159 e. The molecule has 1 N–H and O–H groups in total. The Hall–Kier alpha value is -3.15. The van der Waals surface area contributed by atoms with E-state index < -0.39 is 0 Å². The summed E-state index contributed by atoms with van der Waals surface area (Å²) in [6.07, 6.45) is 8.77. The minimum atomic E-state index is 0.605. The van der Waals surface area contributed by atoms with Gasteiger partial charge in [0.25, 0.3) is 0 Å². The van der Waals surface area contributed by atoms with E-state index in [-0.39, 0.29) is 0 Å². The number of anilines is 1. The van der Waals surface area contributed by atoms with Crippen molar-refractivity contribution in [2.45, 2.75) is 6.54 Å². The molecular weight excluding hydrogens is 297 g/mol. The van der Waals surface area contributed by atoms with Crippen molar-refractivity contribution >= 4 is 24.8 Å².